The van der Waals surface area contributed by atoms with Gasteiger partial charge in [0.15, 0.2) is 5.76 Å². The lowest BCUT2D eigenvalue weighted by atomic mass is 10.1. The molecule has 0 aliphatic rings. The lowest BCUT2D eigenvalue weighted by Crippen LogP contribution is -2.24. The first kappa shape index (κ1) is 18.7. The van der Waals surface area contributed by atoms with Crippen LogP contribution in [0.2, 0.25) is 5.02 Å². The standard InChI is InChI=1S/C22H16ClN3O3/c1-14-20(27)19(15-6-3-2-4-7-15)21(24-22(28)18-8-5-13-29-18)26(25-14)17-11-9-16(23)10-12-17/h2-13H,1H3,(H,24,28). The molecule has 0 unspecified atom stereocenters. The number of rotatable bonds is 4. The van der Waals surface area contributed by atoms with Gasteiger partial charge in [-0.2, -0.15) is 5.10 Å². The molecule has 1 amide bonds. The predicted molar refractivity (Wildman–Crippen MR) is 112 cm³/mol. The molecule has 0 atom stereocenters. The molecule has 4 rings (SSSR count). The number of aryl methyl sites for hydroxylation is 1. The molecule has 2 heterocycles. The Morgan fingerprint density at radius 3 is 2.41 bits per heavy atom. The van der Waals surface area contributed by atoms with E-state index in [9.17, 15) is 9.59 Å². The Kier molecular flexibility index (Phi) is 5.01. The van der Waals surface area contributed by atoms with Gasteiger partial charge in [0.05, 0.1) is 17.5 Å². The molecule has 6 nitrogen and oxygen atoms in total. The lowest BCUT2D eigenvalue weighted by molar-refractivity contribution is 0.0996. The summed E-state index contributed by atoms with van der Waals surface area (Å²) in [5.41, 5.74) is 1.68. The van der Waals surface area contributed by atoms with Crippen LogP contribution in [-0.4, -0.2) is 15.7 Å². The fourth-order valence-corrected chi connectivity index (χ4v) is 3.10. The van der Waals surface area contributed by atoms with E-state index in [0.717, 1.165) is 0 Å². The number of nitrogens with one attached hydrogen (secondary N) is 1. The maximum atomic E-state index is 13.0. The Morgan fingerprint density at radius 1 is 1.03 bits per heavy atom. The van der Waals surface area contributed by atoms with Crippen molar-refractivity contribution < 1.29 is 9.21 Å². The highest BCUT2D eigenvalue weighted by atomic mass is 35.5. The monoisotopic (exact) mass is 405 g/mol. The maximum Gasteiger partial charge on any atom is 0.292 e. The topological polar surface area (TPSA) is 77.1 Å². The van der Waals surface area contributed by atoms with Crippen LogP contribution in [0.3, 0.4) is 0 Å². The number of halogens is 1. The second kappa shape index (κ2) is 7.77. The minimum atomic E-state index is -0.486. The zero-order chi connectivity index (χ0) is 20.4. The summed E-state index contributed by atoms with van der Waals surface area (Å²) in [6, 6.07) is 19.2. The van der Waals surface area contributed by atoms with E-state index >= 15 is 0 Å². The predicted octanol–water partition coefficient (Wildman–Crippen LogP) is 4.71. The fourth-order valence-electron chi connectivity index (χ4n) is 2.97. The average molecular weight is 406 g/mol. The minimum Gasteiger partial charge on any atom is -0.459 e. The van der Waals surface area contributed by atoms with Crippen molar-refractivity contribution in [2.24, 2.45) is 0 Å². The van der Waals surface area contributed by atoms with Gasteiger partial charge in [0.2, 0.25) is 5.43 Å². The van der Waals surface area contributed by atoms with Gasteiger partial charge in [-0.3, -0.25) is 9.59 Å². The van der Waals surface area contributed by atoms with E-state index in [1.54, 1.807) is 43.3 Å². The van der Waals surface area contributed by atoms with E-state index in [1.807, 2.05) is 30.3 Å². The summed E-state index contributed by atoms with van der Waals surface area (Å²) in [5.74, 6) is -0.116. The van der Waals surface area contributed by atoms with Crippen LogP contribution in [0.25, 0.3) is 16.8 Å². The molecule has 4 aromatic rings. The third-order valence-electron chi connectivity index (χ3n) is 4.36. The number of hydrogen-bond donors (Lipinski definition) is 1. The number of aromatic nitrogens is 2. The molecule has 0 aliphatic carbocycles. The van der Waals surface area contributed by atoms with Gasteiger partial charge >= 0.3 is 0 Å². The molecule has 0 saturated carbocycles. The Morgan fingerprint density at radius 2 is 1.76 bits per heavy atom. The van der Waals surface area contributed by atoms with Gasteiger partial charge in [-0.15, -0.1) is 0 Å². The van der Waals surface area contributed by atoms with Crippen LogP contribution in [-0.2, 0) is 0 Å². The highest BCUT2D eigenvalue weighted by Gasteiger charge is 2.21. The van der Waals surface area contributed by atoms with E-state index in [-0.39, 0.29) is 17.0 Å². The highest BCUT2D eigenvalue weighted by Crippen LogP contribution is 2.28. The fraction of sp³-hybridized carbons (Fsp3) is 0.0455. The van der Waals surface area contributed by atoms with Crippen molar-refractivity contribution in [3.8, 4) is 16.8 Å². The van der Waals surface area contributed by atoms with E-state index in [2.05, 4.69) is 10.4 Å². The Labute approximate surface area is 171 Å². The summed E-state index contributed by atoms with van der Waals surface area (Å²) < 4.78 is 6.72. The van der Waals surface area contributed by atoms with Crippen molar-refractivity contribution in [2.45, 2.75) is 6.92 Å². The zero-order valence-corrected chi connectivity index (χ0v) is 16.2. The number of carbonyl (C=O) groups is 1. The summed E-state index contributed by atoms with van der Waals surface area (Å²) in [6.07, 6.45) is 1.41. The first-order valence-electron chi connectivity index (χ1n) is 8.85. The first-order chi connectivity index (χ1) is 14.0. The lowest BCUT2D eigenvalue weighted by Gasteiger charge is -2.18. The van der Waals surface area contributed by atoms with Crippen molar-refractivity contribution in [1.82, 2.24) is 9.78 Å². The first-order valence-corrected chi connectivity index (χ1v) is 9.22. The second-order valence-corrected chi connectivity index (χ2v) is 6.76. The molecule has 29 heavy (non-hydrogen) atoms. The number of furan rings is 1. The van der Waals surface area contributed by atoms with Gasteiger partial charge in [-0.1, -0.05) is 41.9 Å². The van der Waals surface area contributed by atoms with Crippen LogP contribution >= 0.6 is 11.6 Å². The number of amides is 1. The number of carbonyl (C=O) groups excluding carboxylic acids is 1. The number of benzene rings is 2. The van der Waals surface area contributed by atoms with E-state index in [1.165, 1.54) is 10.9 Å². The summed E-state index contributed by atoms with van der Waals surface area (Å²) in [5, 5.41) is 7.77. The molecular formula is C22H16ClN3O3. The van der Waals surface area contributed by atoms with Gasteiger partial charge in [-0.05, 0) is 48.9 Å². The average Bonchev–Trinajstić information content (AvgIpc) is 3.27. The molecule has 2 aromatic carbocycles. The highest BCUT2D eigenvalue weighted by molar-refractivity contribution is 6.30. The molecule has 0 fully saturated rings. The molecule has 144 valence electrons. The SMILES string of the molecule is Cc1nn(-c2ccc(Cl)cc2)c(NC(=O)c2ccco2)c(-c2ccccc2)c1=O. The molecule has 0 radical (unpaired) electrons. The smallest absolute Gasteiger partial charge is 0.292 e. The molecular weight excluding hydrogens is 390 g/mol. The van der Waals surface area contributed by atoms with Crippen LogP contribution in [0.5, 0.6) is 0 Å². The van der Waals surface area contributed by atoms with Gasteiger partial charge in [0, 0.05) is 5.02 Å². The van der Waals surface area contributed by atoms with Crippen molar-refractivity contribution in [3.63, 3.8) is 0 Å². The van der Waals surface area contributed by atoms with Crippen molar-refractivity contribution in [3.05, 3.63) is 99.7 Å². The van der Waals surface area contributed by atoms with Crippen molar-refractivity contribution in [1.29, 1.82) is 0 Å². The van der Waals surface area contributed by atoms with Crippen LogP contribution in [0.4, 0.5) is 5.82 Å². The molecule has 0 saturated heterocycles. The molecule has 0 bridgehead atoms. The van der Waals surface area contributed by atoms with Gasteiger partial charge in [-0.25, -0.2) is 4.68 Å². The molecule has 0 spiro atoms. The molecule has 0 aliphatic heterocycles. The Hall–Kier alpha value is -3.64. The van der Waals surface area contributed by atoms with E-state index in [4.69, 9.17) is 16.0 Å². The van der Waals surface area contributed by atoms with Crippen LogP contribution in [0.1, 0.15) is 16.2 Å². The summed E-state index contributed by atoms with van der Waals surface area (Å²) in [4.78, 5) is 25.7. The number of hydrogen-bond acceptors (Lipinski definition) is 4. The van der Waals surface area contributed by atoms with E-state index in [0.29, 0.717) is 27.5 Å². The summed E-state index contributed by atoms with van der Waals surface area (Å²) in [6.45, 7) is 1.64. The van der Waals surface area contributed by atoms with Crippen LogP contribution in [0.15, 0.2) is 82.2 Å². The quantitative estimate of drug-likeness (QED) is 0.533. The van der Waals surface area contributed by atoms with Gasteiger partial charge < -0.3 is 9.73 Å². The Bertz CT molecular complexity index is 1210. The summed E-state index contributed by atoms with van der Waals surface area (Å²) >= 11 is 6.01. The van der Waals surface area contributed by atoms with Crippen LogP contribution < -0.4 is 10.7 Å². The van der Waals surface area contributed by atoms with Crippen molar-refractivity contribution >= 4 is 23.3 Å². The zero-order valence-electron chi connectivity index (χ0n) is 15.4. The Balaban J connectivity index is 1.97. The molecule has 2 aromatic heterocycles. The number of anilines is 1. The number of nitrogens with zero attached hydrogens (tertiary/aromatic N) is 2. The van der Waals surface area contributed by atoms with Crippen molar-refractivity contribution in [2.75, 3.05) is 5.32 Å². The van der Waals surface area contributed by atoms with E-state index < -0.39 is 5.91 Å². The minimum absolute atomic E-state index is 0.125. The van der Waals surface area contributed by atoms with Gasteiger partial charge in [0.25, 0.3) is 5.91 Å². The van der Waals surface area contributed by atoms with Gasteiger partial charge in [0.1, 0.15) is 11.5 Å². The molecule has 7 heteroatoms. The summed E-state index contributed by atoms with van der Waals surface area (Å²) in [7, 11) is 0. The second-order valence-electron chi connectivity index (χ2n) is 6.32. The normalized spacial score (nSPS) is 10.7. The molecule has 1 N–H and O–H groups in total. The third kappa shape index (κ3) is 3.70. The van der Waals surface area contributed by atoms with Crippen LogP contribution in [0, 0.1) is 6.92 Å². The largest absolute Gasteiger partial charge is 0.459 e. The third-order valence-corrected chi connectivity index (χ3v) is 4.62. The maximum absolute atomic E-state index is 13.0.